The predicted molar refractivity (Wildman–Crippen MR) is 128 cm³/mol. The molecular weight excluding hydrogens is 442 g/mol. The minimum Gasteiger partial charge on any atom is -0.494 e. The number of hydrogen-bond acceptors (Lipinski definition) is 6. The maximum Gasteiger partial charge on any atom is 0.260 e. The number of nitrogens with zero attached hydrogens (tertiary/aromatic N) is 2. The molecule has 0 aromatic heterocycles. The molecule has 0 atom stereocenters. The molecule has 0 aliphatic rings. The van der Waals surface area contributed by atoms with Gasteiger partial charge in [0.05, 0.1) is 24.8 Å². The monoisotopic (exact) mass is 467 g/mol. The summed E-state index contributed by atoms with van der Waals surface area (Å²) in [5, 5.41) is 3.90. The molecule has 0 fully saturated rings. The third-order valence-electron chi connectivity index (χ3n) is 4.39. The lowest BCUT2D eigenvalue weighted by Gasteiger charge is -2.21. The predicted octanol–water partition coefficient (Wildman–Crippen LogP) is 3.79. The highest BCUT2D eigenvalue weighted by atomic mass is 32.2. The van der Waals surface area contributed by atoms with E-state index in [1.54, 1.807) is 48.5 Å². The fraction of sp³-hybridized carbons (Fsp3) is 0.167. The Kier molecular flexibility index (Phi) is 8.04. The van der Waals surface area contributed by atoms with Gasteiger partial charge in [0, 0.05) is 0 Å². The number of hydrazone groups is 1. The Bertz CT molecular complexity index is 1180. The highest BCUT2D eigenvalue weighted by Crippen LogP contribution is 2.25. The Hall–Kier alpha value is -3.85. The second kappa shape index (κ2) is 11.1. The topological polar surface area (TPSA) is 97.3 Å². The van der Waals surface area contributed by atoms with Crippen molar-refractivity contribution < 1.29 is 22.7 Å². The van der Waals surface area contributed by atoms with Gasteiger partial charge in [-0.15, -0.1) is 0 Å². The van der Waals surface area contributed by atoms with Crippen molar-refractivity contribution in [1.82, 2.24) is 5.43 Å². The van der Waals surface area contributed by atoms with Crippen molar-refractivity contribution in [2.24, 2.45) is 5.10 Å². The molecule has 0 radical (unpaired) electrons. The third kappa shape index (κ3) is 7.36. The summed E-state index contributed by atoms with van der Waals surface area (Å²) in [6, 6.07) is 22.8. The number of ether oxygens (including phenoxy) is 2. The zero-order chi connectivity index (χ0) is 23.7. The first kappa shape index (κ1) is 23.8. The molecule has 1 amide bonds. The van der Waals surface area contributed by atoms with Crippen LogP contribution in [0.1, 0.15) is 12.5 Å². The average molecular weight is 468 g/mol. The molecule has 3 rings (SSSR count). The highest BCUT2D eigenvalue weighted by molar-refractivity contribution is 7.92. The number of rotatable bonds is 10. The van der Waals surface area contributed by atoms with Gasteiger partial charge in [-0.05, 0) is 73.2 Å². The van der Waals surface area contributed by atoms with E-state index in [1.165, 1.54) is 6.21 Å². The summed E-state index contributed by atoms with van der Waals surface area (Å²) in [5.74, 6) is 1.37. The number of benzene rings is 3. The van der Waals surface area contributed by atoms with Gasteiger partial charge in [0.1, 0.15) is 23.8 Å². The van der Waals surface area contributed by atoms with Gasteiger partial charge < -0.3 is 9.47 Å². The van der Waals surface area contributed by atoms with Crippen LogP contribution in [-0.4, -0.2) is 39.9 Å². The van der Waals surface area contributed by atoms with E-state index < -0.39 is 22.5 Å². The third-order valence-corrected chi connectivity index (χ3v) is 5.53. The second-order valence-electron chi connectivity index (χ2n) is 6.97. The lowest BCUT2D eigenvalue weighted by atomic mass is 10.2. The van der Waals surface area contributed by atoms with E-state index in [2.05, 4.69) is 10.5 Å². The van der Waals surface area contributed by atoms with Gasteiger partial charge in [-0.1, -0.05) is 18.2 Å². The first-order chi connectivity index (χ1) is 15.8. The zero-order valence-corrected chi connectivity index (χ0v) is 19.2. The van der Waals surface area contributed by atoms with Crippen LogP contribution in [0.3, 0.4) is 0 Å². The summed E-state index contributed by atoms with van der Waals surface area (Å²) >= 11 is 0. The second-order valence-corrected chi connectivity index (χ2v) is 8.88. The molecule has 0 unspecified atom stereocenters. The van der Waals surface area contributed by atoms with Crippen LogP contribution in [0.25, 0.3) is 0 Å². The largest absolute Gasteiger partial charge is 0.494 e. The molecule has 1 N–H and O–H groups in total. The number of para-hydroxylation sites is 1. The molecule has 0 aliphatic carbocycles. The molecule has 0 bridgehead atoms. The van der Waals surface area contributed by atoms with Gasteiger partial charge >= 0.3 is 0 Å². The van der Waals surface area contributed by atoms with Crippen molar-refractivity contribution in [2.45, 2.75) is 6.92 Å². The van der Waals surface area contributed by atoms with Crippen molar-refractivity contribution in [3.8, 4) is 17.2 Å². The van der Waals surface area contributed by atoms with Crippen molar-refractivity contribution >= 4 is 27.8 Å². The summed E-state index contributed by atoms with van der Waals surface area (Å²) < 4.78 is 36.7. The van der Waals surface area contributed by atoms with Crippen LogP contribution in [0.4, 0.5) is 5.69 Å². The van der Waals surface area contributed by atoms with Crippen LogP contribution in [0.2, 0.25) is 0 Å². The van der Waals surface area contributed by atoms with Crippen molar-refractivity contribution in [1.29, 1.82) is 0 Å². The summed E-state index contributed by atoms with van der Waals surface area (Å²) in [4.78, 5) is 12.3. The Balaban J connectivity index is 1.62. The van der Waals surface area contributed by atoms with E-state index in [0.29, 0.717) is 23.8 Å². The molecule has 8 nitrogen and oxygen atoms in total. The summed E-state index contributed by atoms with van der Waals surface area (Å²) in [6.45, 7) is 2.05. The number of sulfonamides is 1. The van der Waals surface area contributed by atoms with Gasteiger partial charge in [0.25, 0.3) is 5.91 Å². The molecule has 0 aliphatic heterocycles. The Morgan fingerprint density at radius 3 is 2.15 bits per heavy atom. The van der Waals surface area contributed by atoms with Gasteiger partial charge in [-0.25, -0.2) is 13.8 Å². The normalized spacial score (nSPS) is 11.2. The van der Waals surface area contributed by atoms with E-state index in [-0.39, 0.29) is 0 Å². The fourth-order valence-corrected chi connectivity index (χ4v) is 3.72. The Morgan fingerprint density at radius 1 is 0.939 bits per heavy atom. The number of carbonyl (C=O) groups excluding carboxylic acids is 1. The van der Waals surface area contributed by atoms with Crippen molar-refractivity contribution in [3.63, 3.8) is 0 Å². The number of nitrogens with one attached hydrogen (secondary N) is 1. The van der Waals surface area contributed by atoms with E-state index in [1.807, 2.05) is 37.3 Å². The summed E-state index contributed by atoms with van der Waals surface area (Å²) in [7, 11) is -3.71. The zero-order valence-electron chi connectivity index (χ0n) is 18.3. The van der Waals surface area contributed by atoms with Crippen LogP contribution >= 0.6 is 0 Å². The molecule has 3 aromatic rings. The van der Waals surface area contributed by atoms with E-state index in [0.717, 1.165) is 21.9 Å². The molecule has 172 valence electrons. The molecule has 3 aromatic carbocycles. The number of anilines is 1. The maximum absolute atomic E-state index is 12.3. The molecule has 33 heavy (non-hydrogen) atoms. The summed E-state index contributed by atoms with van der Waals surface area (Å²) in [6.07, 6.45) is 2.51. The lowest BCUT2D eigenvalue weighted by molar-refractivity contribution is -0.119. The van der Waals surface area contributed by atoms with E-state index >= 15 is 0 Å². The SMILES string of the molecule is CCOc1ccc(/C=N\NC(=O)CN(c2ccc(Oc3ccccc3)cc2)S(C)(=O)=O)cc1. The Morgan fingerprint density at radius 2 is 1.55 bits per heavy atom. The number of amides is 1. The molecule has 0 heterocycles. The van der Waals surface area contributed by atoms with Crippen LogP contribution < -0.4 is 19.2 Å². The van der Waals surface area contributed by atoms with Crippen LogP contribution in [0, 0.1) is 0 Å². The maximum atomic E-state index is 12.3. The fourth-order valence-electron chi connectivity index (χ4n) is 2.87. The molecular formula is C24H25N3O5S. The van der Waals surface area contributed by atoms with Gasteiger partial charge in [-0.2, -0.15) is 5.10 Å². The minimum absolute atomic E-state index is 0.337. The summed E-state index contributed by atoms with van der Waals surface area (Å²) in [5.41, 5.74) is 3.45. The minimum atomic E-state index is -3.71. The lowest BCUT2D eigenvalue weighted by Crippen LogP contribution is -2.38. The van der Waals surface area contributed by atoms with E-state index in [9.17, 15) is 13.2 Å². The van der Waals surface area contributed by atoms with Crippen LogP contribution in [0.15, 0.2) is 84.0 Å². The standard InChI is InChI=1S/C24H25N3O5S/c1-3-31-21-13-9-19(10-14-21)17-25-26-24(28)18-27(33(2,29)30)20-11-15-23(16-12-20)32-22-7-5-4-6-8-22/h4-17H,3,18H2,1-2H3,(H,26,28)/b25-17-. The van der Waals surface area contributed by atoms with Gasteiger partial charge in [0.15, 0.2) is 0 Å². The number of carbonyl (C=O) groups is 1. The highest BCUT2D eigenvalue weighted by Gasteiger charge is 2.20. The van der Waals surface area contributed by atoms with Crippen LogP contribution in [0.5, 0.6) is 17.2 Å². The first-order valence-electron chi connectivity index (χ1n) is 10.2. The quantitative estimate of drug-likeness (QED) is 0.361. The molecule has 0 saturated carbocycles. The van der Waals surface area contributed by atoms with Gasteiger partial charge in [-0.3, -0.25) is 9.10 Å². The smallest absolute Gasteiger partial charge is 0.260 e. The van der Waals surface area contributed by atoms with E-state index in [4.69, 9.17) is 9.47 Å². The number of hydrogen-bond donors (Lipinski definition) is 1. The molecule has 9 heteroatoms. The van der Waals surface area contributed by atoms with Crippen LogP contribution in [-0.2, 0) is 14.8 Å². The Labute approximate surface area is 193 Å². The van der Waals surface area contributed by atoms with Gasteiger partial charge in [0.2, 0.25) is 10.0 Å². The molecule has 0 saturated heterocycles. The molecule has 0 spiro atoms. The first-order valence-corrected chi connectivity index (χ1v) is 12.1. The average Bonchev–Trinajstić information content (AvgIpc) is 2.79. The van der Waals surface area contributed by atoms with Crippen molar-refractivity contribution in [2.75, 3.05) is 23.7 Å². The van der Waals surface area contributed by atoms with Crippen molar-refractivity contribution in [3.05, 3.63) is 84.4 Å².